The molecule has 5 nitrogen and oxygen atoms in total. The van der Waals surface area contributed by atoms with Gasteiger partial charge in [-0.2, -0.15) is 0 Å². The van der Waals surface area contributed by atoms with Gasteiger partial charge < -0.3 is 9.84 Å². The Morgan fingerprint density at radius 1 is 1.58 bits per heavy atom. The van der Waals surface area contributed by atoms with E-state index in [-0.39, 0.29) is 6.61 Å². The monoisotopic (exact) mass is 173 g/mol. The minimum absolute atomic E-state index is 0.0135. The lowest BCUT2D eigenvalue weighted by atomic mass is 10.0. The van der Waals surface area contributed by atoms with Crippen LogP contribution in [0.4, 0.5) is 4.79 Å². The van der Waals surface area contributed by atoms with Crippen LogP contribution in [0.1, 0.15) is 19.8 Å². The van der Waals surface area contributed by atoms with Gasteiger partial charge in [0.05, 0.1) is 0 Å². The van der Waals surface area contributed by atoms with Crippen LogP contribution in [0.15, 0.2) is 0 Å². The predicted molar refractivity (Wildman–Crippen MR) is 39.3 cm³/mol. The van der Waals surface area contributed by atoms with Crippen LogP contribution in [-0.2, 0) is 9.53 Å². The third-order valence-electron chi connectivity index (χ3n) is 1.83. The zero-order valence-electron chi connectivity index (χ0n) is 6.79. The molecule has 0 bridgehead atoms. The highest BCUT2D eigenvalue weighted by atomic mass is 16.6. The molecule has 1 atom stereocenters. The fourth-order valence-electron chi connectivity index (χ4n) is 1.08. The summed E-state index contributed by atoms with van der Waals surface area (Å²) in [6, 6.07) is 0. The first-order valence-corrected chi connectivity index (χ1v) is 3.74. The van der Waals surface area contributed by atoms with E-state index in [9.17, 15) is 9.59 Å². The summed E-state index contributed by atoms with van der Waals surface area (Å²) in [7, 11) is 0. The van der Waals surface area contributed by atoms with Gasteiger partial charge in [0.15, 0.2) is 5.60 Å². The number of aliphatic hydroxyl groups is 1. The highest BCUT2D eigenvalue weighted by molar-refractivity contribution is 6.02. The second-order valence-corrected chi connectivity index (χ2v) is 2.90. The molecule has 1 unspecified atom stereocenters. The number of nitrogens with one attached hydrogen (secondary N) is 1. The van der Waals surface area contributed by atoms with E-state index in [0.717, 1.165) is 0 Å². The smallest absolute Gasteiger partial charge is 0.415 e. The summed E-state index contributed by atoms with van der Waals surface area (Å²) in [6.07, 6.45) is 0.0820. The van der Waals surface area contributed by atoms with Crippen molar-refractivity contribution in [2.45, 2.75) is 25.4 Å². The van der Waals surface area contributed by atoms with Gasteiger partial charge in [-0.1, -0.05) is 0 Å². The van der Waals surface area contributed by atoms with E-state index in [4.69, 9.17) is 9.84 Å². The van der Waals surface area contributed by atoms with Crippen molar-refractivity contribution in [2.75, 3.05) is 6.61 Å². The van der Waals surface area contributed by atoms with Crippen molar-refractivity contribution in [3.63, 3.8) is 0 Å². The van der Waals surface area contributed by atoms with E-state index in [1.54, 1.807) is 0 Å². The van der Waals surface area contributed by atoms with Crippen molar-refractivity contribution in [3.8, 4) is 0 Å². The van der Waals surface area contributed by atoms with Crippen LogP contribution in [-0.4, -0.2) is 29.3 Å². The molecule has 0 radical (unpaired) electrons. The first-order chi connectivity index (χ1) is 5.58. The Morgan fingerprint density at radius 3 is 2.67 bits per heavy atom. The molecule has 12 heavy (non-hydrogen) atoms. The number of alkyl carbamates (subject to hydrolysis) is 1. The molecule has 1 aliphatic rings. The number of cyclic esters (lactones) is 1. The summed E-state index contributed by atoms with van der Waals surface area (Å²) >= 11 is 0. The van der Waals surface area contributed by atoms with E-state index in [2.05, 4.69) is 0 Å². The Kier molecular flexibility index (Phi) is 2.32. The third kappa shape index (κ3) is 1.55. The van der Waals surface area contributed by atoms with Crippen molar-refractivity contribution in [3.05, 3.63) is 0 Å². The molecule has 0 aromatic heterocycles. The number of imide groups is 1. The number of hydrogen-bond acceptors (Lipinski definition) is 4. The third-order valence-corrected chi connectivity index (χ3v) is 1.83. The highest BCUT2D eigenvalue weighted by Crippen LogP contribution is 2.22. The Hall–Kier alpha value is -1.10. The number of ether oxygens (including phenoxy) is 1. The van der Waals surface area contributed by atoms with Crippen molar-refractivity contribution >= 4 is 12.0 Å². The van der Waals surface area contributed by atoms with Gasteiger partial charge in [-0.15, -0.1) is 0 Å². The highest BCUT2D eigenvalue weighted by Gasteiger charge is 2.43. The number of carbonyl (C=O) groups is 2. The molecule has 1 aliphatic heterocycles. The van der Waals surface area contributed by atoms with E-state index < -0.39 is 17.6 Å². The Bertz CT molecular complexity index is 215. The minimum atomic E-state index is -1.08. The van der Waals surface area contributed by atoms with E-state index in [0.29, 0.717) is 12.8 Å². The summed E-state index contributed by atoms with van der Waals surface area (Å²) in [6.45, 7) is 1.52. The second-order valence-electron chi connectivity index (χ2n) is 2.90. The van der Waals surface area contributed by atoms with Crippen LogP contribution in [0.3, 0.4) is 0 Å². The van der Waals surface area contributed by atoms with Crippen LogP contribution < -0.4 is 5.32 Å². The quantitative estimate of drug-likeness (QED) is 0.618. The van der Waals surface area contributed by atoms with E-state index >= 15 is 0 Å². The maximum atomic E-state index is 11.1. The summed E-state index contributed by atoms with van der Waals surface area (Å²) in [5.41, 5.74) is -1.08. The second kappa shape index (κ2) is 3.10. The average Bonchev–Trinajstić information content (AvgIpc) is 2.23. The van der Waals surface area contributed by atoms with Gasteiger partial charge in [0.25, 0.3) is 5.91 Å². The number of amides is 2. The van der Waals surface area contributed by atoms with Gasteiger partial charge in [-0.25, -0.2) is 4.79 Å². The number of rotatable bonds is 3. The predicted octanol–water partition coefficient (Wildman–Crippen LogP) is -0.216. The topological polar surface area (TPSA) is 75.6 Å². The van der Waals surface area contributed by atoms with Gasteiger partial charge in [-0.3, -0.25) is 10.1 Å². The summed E-state index contributed by atoms with van der Waals surface area (Å²) in [5.74, 6) is -0.430. The maximum absolute atomic E-state index is 11.1. The lowest BCUT2D eigenvalue weighted by Crippen LogP contribution is -2.36. The molecular formula is C7H11NO4. The maximum Gasteiger partial charge on any atom is 0.415 e. The number of hydrogen-bond donors (Lipinski definition) is 2. The van der Waals surface area contributed by atoms with Gasteiger partial charge >= 0.3 is 6.09 Å². The molecule has 68 valence electrons. The number of carbonyl (C=O) groups excluding carboxylic acids is 2. The summed E-state index contributed by atoms with van der Waals surface area (Å²) in [5, 5.41) is 10.6. The van der Waals surface area contributed by atoms with E-state index in [1.165, 1.54) is 6.92 Å². The molecule has 1 rings (SSSR count). The molecule has 2 N–H and O–H groups in total. The van der Waals surface area contributed by atoms with Crippen molar-refractivity contribution in [1.82, 2.24) is 5.32 Å². The molecule has 0 aliphatic carbocycles. The summed E-state index contributed by atoms with van der Waals surface area (Å²) in [4.78, 5) is 21.7. The molecule has 1 saturated heterocycles. The lowest BCUT2D eigenvalue weighted by Gasteiger charge is -2.17. The molecule has 0 spiro atoms. The van der Waals surface area contributed by atoms with Gasteiger partial charge in [0.1, 0.15) is 0 Å². The molecule has 5 heteroatoms. The fourth-order valence-corrected chi connectivity index (χ4v) is 1.08. The normalized spacial score (nSPS) is 28.5. The molecule has 2 amide bonds. The van der Waals surface area contributed by atoms with Gasteiger partial charge in [0.2, 0.25) is 0 Å². The van der Waals surface area contributed by atoms with Gasteiger partial charge in [0, 0.05) is 6.61 Å². The van der Waals surface area contributed by atoms with Crippen molar-refractivity contribution in [1.29, 1.82) is 0 Å². The van der Waals surface area contributed by atoms with Crippen LogP contribution >= 0.6 is 0 Å². The molecular weight excluding hydrogens is 162 g/mol. The van der Waals surface area contributed by atoms with Crippen LogP contribution in [0.25, 0.3) is 0 Å². The molecule has 0 aromatic rings. The molecule has 1 fully saturated rings. The van der Waals surface area contributed by atoms with Crippen molar-refractivity contribution < 1.29 is 19.4 Å². The van der Waals surface area contributed by atoms with E-state index in [1.807, 2.05) is 5.32 Å². The average molecular weight is 173 g/mol. The minimum Gasteiger partial charge on any atom is -0.433 e. The zero-order chi connectivity index (χ0) is 9.19. The standard InChI is InChI=1S/C7H11NO4/c1-7(3-2-4-9)5(10)8-6(11)12-7/h9H,2-4H2,1H3,(H,8,10,11). The fraction of sp³-hybridized carbons (Fsp3) is 0.714. The Labute approximate surface area is 69.7 Å². The molecule has 1 heterocycles. The SMILES string of the molecule is CC1(CCCO)OC(=O)NC1=O. The van der Waals surface area contributed by atoms with Crippen molar-refractivity contribution in [2.24, 2.45) is 0 Å². The Balaban J connectivity index is 2.58. The first kappa shape index (κ1) is 8.99. The number of aliphatic hydroxyl groups excluding tert-OH is 1. The van der Waals surface area contributed by atoms with Crippen LogP contribution in [0, 0.1) is 0 Å². The van der Waals surface area contributed by atoms with Crippen LogP contribution in [0.5, 0.6) is 0 Å². The molecule has 0 saturated carbocycles. The lowest BCUT2D eigenvalue weighted by molar-refractivity contribution is -0.130. The van der Waals surface area contributed by atoms with Crippen LogP contribution in [0.2, 0.25) is 0 Å². The first-order valence-electron chi connectivity index (χ1n) is 3.74. The zero-order valence-corrected chi connectivity index (χ0v) is 6.79. The Morgan fingerprint density at radius 2 is 2.25 bits per heavy atom. The summed E-state index contributed by atoms with van der Waals surface area (Å²) < 4.78 is 4.75. The van der Waals surface area contributed by atoms with Gasteiger partial charge in [-0.05, 0) is 19.8 Å². The molecule has 0 aromatic carbocycles. The largest absolute Gasteiger partial charge is 0.433 e.